The fourth-order valence-electron chi connectivity index (χ4n) is 12.0. The number of allylic oxidation sites excluding steroid dienone is 2. The van der Waals surface area contributed by atoms with Crippen molar-refractivity contribution >= 4 is 79.1 Å². The number of ether oxygens (including phenoxy) is 8. The van der Waals surface area contributed by atoms with Gasteiger partial charge in [0.05, 0.1) is 0 Å². The molecule has 0 saturated heterocycles. The van der Waals surface area contributed by atoms with Crippen LogP contribution in [0.1, 0.15) is 69.2 Å². The molecule has 1 aliphatic carbocycles. The maximum atomic E-state index is 12.0. The zero-order chi connectivity index (χ0) is 51.9. The summed E-state index contributed by atoms with van der Waals surface area (Å²) in [6, 6.07) is 30.0. The Kier molecular flexibility index (Phi) is 11.1. The van der Waals surface area contributed by atoms with Gasteiger partial charge in [0.1, 0.15) is 46.0 Å². The van der Waals surface area contributed by atoms with Gasteiger partial charge in [0.15, 0.2) is 26.4 Å². The summed E-state index contributed by atoms with van der Waals surface area (Å²) in [5, 5.41) is 45.6. The first kappa shape index (κ1) is 46.4. The van der Waals surface area contributed by atoms with E-state index in [0.29, 0.717) is 81.1 Å². The van der Waals surface area contributed by atoms with Crippen LogP contribution in [0.4, 0.5) is 0 Å². The molecule has 4 aliphatic heterocycles. The predicted octanol–water partition coefficient (Wildman–Crippen LogP) is 10.2. The molecule has 8 aromatic rings. The molecule has 8 aromatic carbocycles. The van der Waals surface area contributed by atoms with Crippen LogP contribution in [-0.4, -0.2) is 83.3 Å². The molecular weight excluding hydrogens is 977 g/mol. The normalized spacial score (nSPS) is 18.6. The lowest BCUT2D eigenvalue weighted by Gasteiger charge is -2.39. The molecule has 5 aliphatic rings. The van der Waals surface area contributed by atoms with E-state index in [1.165, 1.54) is 0 Å². The van der Waals surface area contributed by atoms with Crippen molar-refractivity contribution in [3.05, 3.63) is 154 Å². The first-order valence-electron chi connectivity index (χ1n) is 24.7. The Hall–Kier alpha value is -9.44. The Morgan fingerprint density at radius 2 is 0.671 bits per heavy atom. The van der Waals surface area contributed by atoms with E-state index in [1.54, 1.807) is 24.3 Å². The quantitative estimate of drug-likeness (QED) is 0.0893. The number of hydrogen-bond donors (Lipinski definition) is 4. The Balaban J connectivity index is 1.08. The second kappa shape index (κ2) is 18.2. The van der Waals surface area contributed by atoms with E-state index in [9.17, 15) is 39.6 Å². The van der Waals surface area contributed by atoms with Crippen molar-refractivity contribution < 1.29 is 77.5 Å². The molecular formula is C60H44O16. The summed E-state index contributed by atoms with van der Waals surface area (Å²) in [4.78, 5) is 47.9. The third-order valence-electron chi connectivity index (χ3n) is 14.9. The zero-order valence-corrected chi connectivity index (χ0v) is 40.2. The minimum atomic E-state index is -1.15. The lowest BCUT2D eigenvalue weighted by Crippen LogP contribution is -2.35. The van der Waals surface area contributed by atoms with Gasteiger partial charge >= 0.3 is 23.9 Å². The average molecular weight is 1020 g/mol. The first-order chi connectivity index (χ1) is 36.9. The van der Waals surface area contributed by atoms with Crippen molar-refractivity contribution in [2.24, 2.45) is 0 Å². The van der Waals surface area contributed by atoms with Crippen LogP contribution in [0.5, 0.6) is 46.0 Å². The number of carboxylic acid groups (broad SMARTS) is 4. The van der Waals surface area contributed by atoms with E-state index in [-0.39, 0.29) is 24.7 Å². The van der Waals surface area contributed by atoms with Crippen molar-refractivity contribution in [2.75, 3.05) is 26.4 Å². The molecule has 4 N–H and O–H groups in total. The fraction of sp³-hybridized carbons (Fsp3) is 0.200. The molecule has 13 rings (SSSR count). The molecule has 0 amide bonds. The summed E-state index contributed by atoms with van der Waals surface area (Å²) < 4.78 is 50.1. The Labute approximate surface area is 431 Å². The van der Waals surface area contributed by atoms with Crippen molar-refractivity contribution in [3.8, 4) is 46.0 Å². The van der Waals surface area contributed by atoms with Crippen LogP contribution in [0, 0.1) is 0 Å². The summed E-state index contributed by atoms with van der Waals surface area (Å²) in [5.74, 6) is -1.25. The predicted molar refractivity (Wildman–Crippen MR) is 277 cm³/mol. The minimum Gasteiger partial charge on any atom is -0.482 e. The molecule has 0 spiro atoms. The molecule has 0 radical (unpaired) electrons. The van der Waals surface area contributed by atoms with Crippen LogP contribution in [0.2, 0.25) is 0 Å². The van der Waals surface area contributed by atoms with E-state index in [0.717, 1.165) is 65.3 Å². The van der Waals surface area contributed by atoms with Gasteiger partial charge in [-0.05, 0) is 117 Å². The largest absolute Gasteiger partial charge is 0.482 e. The highest BCUT2D eigenvalue weighted by Gasteiger charge is 2.41. The molecule has 0 saturated carbocycles. The number of aliphatic carboxylic acids is 4. The summed E-state index contributed by atoms with van der Waals surface area (Å²) >= 11 is 0. The summed E-state index contributed by atoms with van der Waals surface area (Å²) in [6.45, 7) is -2.34. The lowest BCUT2D eigenvalue weighted by atomic mass is 9.78. The lowest BCUT2D eigenvalue weighted by molar-refractivity contribution is -0.140. The van der Waals surface area contributed by atoms with Crippen molar-refractivity contribution in [2.45, 2.75) is 50.1 Å². The Bertz CT molecular complexity index is 3660. The van der Waals surface area contributed by atoms with Gasteiger partial charge in [0.25, 0.3) is 0 Å². The molecule has 0 fully saturated rings. The van der Waals surface area contributed by atoms with Gasteiger partial charge in [-0.2, -0.15) is 0 Å². The van der Waals surface area contributed by atoms with Crippen LogP contribution < -0.4 is 37.9 Å². The monoisotopic (exact) mass is 1020 g/mol. The second-order valence-corrected chi connectivity index (χ2v) is 19.2. The van der Waals surface area contributed by atoms with E-state index >= 15 is 0 Å². The highest BCUT2D eigenvalue weighted by Crippen LogP contribution is 2.56. The second-order valence-electron chi connectivity index (χ2n) is 19.2. The topological polar surface area (TPSA) is 223 Å². The molecule has 4 unspecified atom stereocenters. The number of benzene rings is 8. The molecule has 4 atom stereocenters. The Morgan fingerprint density at radius 1 is 0.382 bits per heavy atom. The number of fused-ring (bicyclic) bond motifs is 2. The van der Waals surface area contributed by atoms with Gasteiger partial charge < -0.3 is 58.3 Å². The van der Waals surface area contributed by atoms with Crippen LogP contribution in [-0.2, 0) is 32.0 Å². The molecule has 16 heteroatoms. The van der Waals surface area contributed by atoms with Gasteiger partial charge in [0, 0.05) is 69.2 Å². The van der Waals surface area contributed by atoms with Gasteiger partial charge in [-0.15, -0.1) is 0 Å². The van der Waals surface area contributed by atoms with Crippen LogP contribution in [0.15, 0.2) is 109 Å². The SMILES string of the molecule is O=C(O)COc1ccc2c3c4ccc2c1C=CCc1c(OCC(=O)O)ccc2c5c(ccc12)OC1CC5c2c(ccc5c(c(OCC(=O)O)ccc25)C/C=C\c2c(OCC(=O)O)ccc5c6c(ccc25)OC(CC36)O4)O1. The molecule has 76 heavy (non-hydrogen) atoms. The average Bonchev–Trinajstić information content (AvgIpc) is 3.53. The van der Waals surface area contributed by atoms with Crippen molar-refractivity contribution in [1.29, 1.82) is 0 Å². The van der Waals surface area contributed by atoms with E-state index in [4.69, 9.17) is 37.9 Å². The molecule has 380 valence electrons. The van der Waals surface area contributed by atoms with Crippen molar-refractivity contribution in [1.82, 2.24) is 0 Å². The van der Waals surface area contributed by atoms with Crippen molar-refractivity contribution in [3.63, 3.8) is 0 Å². The maximum absolute atomic E-state index is 12.0. The number of carboxylic acids is 4. The van der Waals surface area contributed by atoms with Crippen LogP contribution >= 0.6 is 0 Å². The van der Waals surface area contributed by atoms with E-state index in [2.05, 4.69) is 0 Å². The molecule has 4 heterocycles. The number of carbonyl (C=O) groups is 4. The Morgan fingerprint density at radius 3 is 1.01 bits per heavy atom. The standard InChI is InChI=1S/C60H44O16/c61-51(62)25-69-43-15-11-37-29-7-19-47-57(37)41-23-55(73-47)75-49-21-9-31-35(45(71-27-53(65)66)17-13-39(31)59(41)49)5-2-6-36-32-10-22-50-60(40(32)14-18-46(36)72-28-54(67)68)42-24-56(76-50)74-48-20-8-30-34(4-1-3-33(29)43)44(70-26-52(63)64)16-12-38(30)58(42)48/h1-3,5,7-22,41-42,55-56H,4,6,23-28H2,(H,61,62)(H,63,64)(H,65,66)(H,67,68)/b3-1-,5-2?. The van der Waals surface area contributed by atoms with E-state index < -0.39 is 62.9 Å². The third kappa shape index (κ3) is 7.83. The fourth-order valence-corrected chi connectivity index (χ4v) is 12.0. The minimum absolute atomic E-state index is 0.252. The van der Waals surface area contributed by atoms with Gasteiger partial charge in [-0.25, -0.2) is 19.2 Å². The van der Waals surface area contributed by atoms with Crippen LogP contribution in [0.25, 0.3) is 55.2 Å². The summed E-state index contributed by atoms with van der Waals surface area (Å²) in [5.41, 5.74) is 6.21. The molecule has 0 aromatic heterocycles. The first-order valence-corrected chi connectivity index (χ1v) is 24.7. The smallest absolute Gasteiger partial charge is 0.341 e. The summed E-state index contributed by atoms with van der Waals surface area (Å²) in [6.07, 6.45) is 7.85. The molecule has 16 nitrogen and oxygen atoms in total. The van der Waals surface area contributed by atoms with Gasteiger partial charge in [-0.3, -0.25) is 0 Å². The molecule has 20 bridgehead atoms. The van der Waals surface area contributed by atoms with Gasteiger partial charge in [0.2, 0.25) is 12.6 Å². The third-order valence-corrected chi connectivity index (χ3v) is 14.9. The summed E-state index contributed by atoms with van der Waals surface area (Å²) in [7, 11) is 0. The van der Waals surface area contributed by atoms with E-state index in [1.807, 2.05) is 97.1 Å². The number of hydrogen-bond acceptors (Lipinski definition) is 12. The van der Waals surface area contributed by atoms with Gasteiger partial charge in [-0.1, -0.05) is 60.7 Å². The van der Waals surface area contributed by atoms with Crippen LogP contribution in [0.3, 0.4) is 0 Å². The highest BCUT2D eigenvalue weighted by atomic mass is 16.7. The zero-order valence-electron chi connectivity index (χ0n) is 40.2. The highest BCUT2D eigenvalue weighted by molar-refractivity contribution is 6.02. The maximum Gasteiger partial charge on any atom is 0.341 e. The number of rotatable bonds is 12.